The minimum absolute atomic E-state index is 0.269. The Hall–Kier alpha value is -2.75. The van der Waals surface area contributed by atoms with Gasteiger partial charge in [-0.1, -0.05) is 10.4 Å². The van der Waals surface area contributed by atoms with Crippen molar-refractivity contribution in [3.63, 3.8) is 0 Å². The third-order valence-electron chi connectivity index (χ3n) is 4.16. The molecule has 138 valence electrons. The highest BCUT2D eigenvalue weighted by molar-refractivity contribution is 7.80. The third kappa shape index (κ3) is 4.07. The lowest BCUT2D eigenvalue weighted by Gasteiger charge is -2.29. The topological polar surface area (TPSA) is 87.8 Å². The van der Waals surface area contributed by atoms with Gasteiger partial charge in [0.2, 0.25) is 0 Å². The zero-order valence-electron chi connectivity index (χ0n) is 14.2. The molecule has 1 saturated heterocycles. The molecule has 0 amide bonds. The van der Waals surface area contributed by atoms with Crippen LogP contribution in [-0.4, -0.2) is 51.3 Å². The number of oxime groups is 1. The Morgan fingerprint density at radius 1 is 1.42 bits per heavy atom. The predicted molar refractivity (Wildman–Crippen MR) is 98.4 cm³/mol. The van der Waals surface area contributed by atoms with Crippen LogP contribution in [0.1, 0.15) is 18.5 Å². The summed E-state index contributed by atoms with van der Waals surface area (Å²) in [6.07, 6.45) is 2.95. The SMILES string of the molecule is COC(=S)NCc1cn(-c2ccc(N3CCC(=NO)CC3)c(F)c2)nn1. The second-order valence-corrected chi connectivity index (χ2v) is 6.16. The van der Waals surface area contributed by atoms with E-state index in [4.69, 9.17) is 22.2 Å². The van der Waals surface area contributed by atoms with Gasteiger partial charge in [0.05, 0.1) is 36.9 Å². The Morgan fingerprint density at radius 2 is 2.19 bits per heavy atom. The summed E-state index contributed by atoms with van der Waals surface area (Å²) in [7, 11) is 1.48. The molecule has 0 aliphatic carbocycles. The number of piperidine rings is 1. The first kappa shape index (κ1) is 18.1. The largest absolute Gasteiger partial charge is 0.474 e. The second-order valence-electron chi connectivity index (χ2n) is 5.79. The Kier molecular flexibility index (Phi) is 5.61. The maximum absolute atomic E-state index is 14.6. The number of methoxy groups -OCH3 is 1. The normalized spacial score (nSPS) is 14.2. The molecule has 2 aromatic rings. The van der Waals surface area contributed by atoms with Crippen LogP contribution in [0.5, 0.6) is 0 Å². The summed E-state index contributed by atoms with van der Waals surface area (Å²) in [5.74, 6) is -0.331. The molecule has 1 fully saturated rings. The van der Waals surface area contributed by atoms with E-state index in [1.54, 1.807) is 18.3 Å². The third-order valence-corrected chi connectivity index (χ3v) is 4.47. The number of halogens is 1. The van der Waals surface area contributed by atoms with Crippen LogP contribution in [0.3, 0.4) is 0 Å². The lowest BCUT2D eigenvalue weighted by Crippen LogP contribution is -2.34. The van der Waals surface area contributed by atoms with E-state index in [2.05, 4.69) is 20.8 Å². The Morgan fingerprint density at radius 3 is 2.85 bits per heavy atom. The van der Waals surface area contributed by atoms with E-state index in [0.717, 1.165) is 5.71 Å². The minimum atomic E-state index is -0.331. The van der Waals surface area contributed by atoms with Crippen LogP contribution in [0.25, 0.3) is 5.69 Å². The highest BCUT2D eigenvalue weighted by Crippen LogP contribution is 2.24. The van der Waals surface area contributed by atoms with Crippen molar-refractivity contribution in [2.75, 3.05) is 25.1 Å². The first-order valence-corrected chi connectivity index (χ1v) is 8.49. The average molecular weight is 378 g/mol. The molecule has 1 aliphatic rings. The predicted octanol–water partition coefficient (Wildman–Crippen LogP) is 1.86. The van der Waals surface area contributed by atoms with Crippen LogP contribution < -0.4 is 10.2 Å². The molecular formula is C16H19FN6O2S. The van der Waals surface area contributed by atoms with Gasteiger partial charge in [0.25, 0.3) is 5.17 Å². The molecule has 1 aromatic heterocycles. The van der Waals surface area contributed by atoms with Crippen molar-refractivity contribution >= 4 is 28.8 Å². The number of hydrogen-bond acceptors (Lipinski definition) is 7. The number of ether oxygens (including phenoxy) is 1. The van der Waals surface area contributed by atoms with Gasteiger partial charge in [-0.25, -0.2) is 9.07 Å². The van der Waals surface area contributed by atoms with E-state index in [9.17, 15) is 4.39 Å². The van der Waals surface area contributed by atoms with Gasteiger partial charge in [0.15, 0.2) is 0 Å². The number of hydrogen-bond donors (Lipinski definition) is 2. The summed E-state index contributed by atoms with van der Waals surface area (Å²) in [6, 6.07) is 4.95. The van der Waals surface area contributed by atoms with Gasteiger partial charge in [-0.3, -0.25) is 0 Å². The van der Waals surface area contributed by atoms with Crippen molar-refractivity contribution in [1.82, 2.24) is 20.3 Å². The van der Waals surface area contributed by atoms with Crippen LogP contribution in [0.4, 0.5) is 10.1 Å². The van der Waals surface area contributed by atoms with Gasteiger partial charge in [0, 0.05) is 32.0 Å². The standard InChI is InChI=1S/C16H19FN6O2S/c1-25-16(26)18-9-12-10-23(21-19-12)13-2-3-15(14(17)8-13)22-6-4-11(20-24)5-7-22/h2-3,8,10,24H,4-7,9H2,1H3,(H,18,26). The van der Waals surface area contributed by atoms with Gasteiger partial charge in [-0.05, 0) is 24.4 Å². The van der Waals surface area contributed by atoms with Crippen molar-refractivity contribution in [2.24, 2.45) is 5.16 Å². The number of anilines is 1. The highest BCUT2D eigenvalue weighted by atomic mass is 32.1. The van der Waals surface area contributed by atoms with E-state index in [1.807, 2.05) is 4.90 Å². The fraction of sp³-hybridized carbons (Fsp3) is 0.375. The van der Waals surface area contributed by atoms with Crippen LogP contribution in [0, 0.1) is 5.82 Å². The molecule has 26 heavy (non-hydrogen) atoms. The molecule has 0 spiro atoms. The smallest absolute Gasteiger partial charge is 0.256 e. The summed E-state index contributed by atoms with van der Waals surface area (Å²) in [5.41, 5.74) is 2.50. The van der Waals surface area contributed by atoms with Crippen LogP contribution in [-0.2, 0) is 11.3 Å². The lowest BCUT2D eigenvalue weighted by molar-refractivity contribution is 0.315. The summed E-state index contributed by atoms with van der Waals surface area (Å²) in [6.45, 7) is 1.61. The van der Waals surface area contributed by atoms with E-state index in [0.29, 0.717) is 49.5 Å². The van der Waals surface area contributed by atoms with Crippen molar-refractivity contribution in [3.05, 3.63) is 35.9 Å². The molecule has 0 bridgehead atoms. The molecule has 0 radical (unpaired) electrons. The Bertz CT molecular complexity index is 815. The van der Waals surface area contributed by atoms with E-state index < -0.39 is 0 Å². The van der Waals surface area contributed by atoms with Crippen molar-refractivity contribution in [1.29, 1.82) is 0 Å². The van der Waals surface area contributed by atoms with Crippen LogP contribution >= 0.6 is 12.2 Å². The van der Waals surface area contributed by atoms with Gasteiger partial charge >= 0.3 is 0 Å². The zero-order chi connectivity index (χ0) is 18.5. The summed E-state index contributed by atoms with van der Waals surface area (Å²) in [5, 5.41) is 23.2. The monoisotopic (exact) mass is 378 g/mol. The van der Waals surface area contributed by atoms with Crippen molar-refractivity contribution in [3.8, 4) is 5.69 Å². The molecule has 8 nitrogen and oxygen atoms in total. The number of nitrogens with one attached hydrogen (secondary N) is 1. The van der Waals surface area contributed by atoms with E-state index in [1.165, 1.54) is 17.9 Å². The molecule has 0 saturated carbocycles. The molecule has 0 unspecified atom stereocenters. The highest BCUT2D eigenvalue weighted by Gasteiger charge is 2.19. The molecule has 2 heterocycles. The van der Waals surface area contributed by atoms with Crippen molar-refractivity contribution < 1.29 is 14.3 Å². The quantitative estimate of drug-likeness (QED) is 0.477. The van der Waals surface area contributed by atoms with Gasteiger partial charge in [-0.15, -0.1) is 5.10 Å². The minimum Gasteiger partial charge on any atom is -0.474 e. The van der Waals surface area contributed by atoms with Gasteiger partial charge in [-0.2, -0.15) is 0 Å². The molecule has 3 rings (SSSR count). The summed E-state index contributed by atoms with van der Waals surface area (Å²) < 4.78 is 20.9. The molecule has 1 aromatic carbocycles. The average Bonchev–Trinajstić information content (AvgIpc) is 3.15. The first-order chi connectivity index (χ1) is 12.6. The maximum Gasteiger partial charge on any atom is 0.256 e. The number of rotatable bonds is 4. The summed E-state index contributed by atoms with van der Waals surface area (Å²) >= 11 is 4.90. The number of nitrogens with zero attached hydrogens (tertiary/aromatic N) is 5. The Balaban J connectivity index is 1.70. The van der Waals surface area contributed by atoms with Gasteiger partial charge in [0.1, 0.15) is 11.5 Å². The first-order valence-electron chi connectivity index (χ1n) is 8.08. The van der Waals surface area contributed by atoms with Crippen molar-refractivity contribution in [2.45, 2.75) is 19.4 Å². The fourth-order valence-corrected chi connectivity index (χ4v) is 2.81. The maximum atomic E-state index is 14.6. The van der Waals surface area contributed by atoms with Gasteiger partial charge < -0.3 is 20.2 Å². The molecule has 10 heteroatoms. The number of aromatic nitrogens is 3. The van der Waals surface area contributed by atoms with E-state index >= 15 is 0 Å². The zero-order valence-corrected chi connectivity index (χ0v) is 15.0. The second kappa shape index (κ2) is 8.09. The lowest BCUT2D eigenvalue weighted by atomic mass is 10.1. The number of benzene rings is 1. The molecule has 2 N–H and O–H groups in total. The Labute approximate surface area is 155 Å². The number of thiocarbonyl (C=S) groups is 1. The van der Waals surface area contributed by atoms with E-state index in [-0.39, 0.29) is 11.0 Å². The van der Waals surface area contributed by atoms with Crippen LogP contribution in [0.2, 0.25) is 0 Å². The fourth-order valence-electron chi connectivity index (χ4n) is 2.74. The summed E-state index contributed by atoms with van der Waals surface area (Å²) in [4.78, 5) is 1.94. The molecule has 0 atom stereocenters. The molecular weight excluding hydrogens is 359 g/mol. The van der Waals surface area contributed by atoms with Crippen LogP contribution in [0.15, 0.2) is 29.6 Å². The molecule has 1 aliphatic heterocycles.